The van der Waals surface area contributed by atoms with E-state index in [2.05, 4.69) is 29.9 Å². The summed E-state index contributed by atoms with van der Waals surface area (Å²) in [6.45, 7) is 9.43. The molecule has 1 aliphatic rings. The van der Waals surface area contributed by atoms with Crippen LogP contribution in [0.5, 0.6) is 0 Å². The van der Waals surface area contributed by atoms with Crippen molar-refractivity contribution in [3.63, 3.8) is 0 Å². The van der Waals surface area contributed by atoms with E-state index in [0.29, 0.717) is 12.6 Å². The highest BCUT2D eigenvalue weighted by molar-refractivity contribution is 5.87. The average Bonchev–Trinajstić information content (AvgIpc) is 2.51. The first-order chi connectivity index (χ1) is 11.3. The summed E-state index contributed by atoms with van der Waals surface area (Å²) in [5.74, 6) is 0.743. The Morgan fingerprint density at radius 1 is 1.42 bits per heavy atom. The molecule has 0 N–H and O–H groups in total. The first kappa shape index (κ1) is 18.7. The summed E-state index contributed by atoms with van der Waals surface area (Å²) >= 11 is 0. The molecular formula is C19H31N3O2. The number of rotatable bonds is 4. The molecule has 2 heterocycles. The van der Waals surface area contributed by atoms with Crippen LogP contribution in [0.2, 0.25) is 0 Å². The number of pyridine rings is 1. The van der Waals surface area contributed by atoms with Crippen LogP contribution in [-0.2, 0) is 4.74 Å². The van der Waals surface area contributed by atoms with Gasteiger partial charge in [-0.3, -0.25) is 9.80 Å². The third-order valence-corrected chi connectivity index (χ3v) is 4.26. The van der Waals surface area contributed by atoms with E-state index >= 15 is 0 Å². The smallest absolute Gasteiger partial charge is 0.416 e. The summed E-state index contributed by atoms with van der Waals surface area (Å²) < 4.78 is 5.61. The lowest BCUT2D eigenvalue weighted by Gasteiger charge is -2.35. The molecule has 0 saturated carbocycles. The van der Waals surface area contributed by atoms with Crippen molar-refractivity contribution in [1.29, 1.82) is 0 Å². The zero-order valence-corrected chi connectivity index (χ0v) is 15.7. The lowest BCUT2D eigenvalue weighted by atomic mass is 9.96. The van der Waals surface area contributed by atoms with E-state index in [1.54, 1.807) is 11.1 Å². The normalized spacial score (nSPS) is 19.1. The quantitative estimate of drug-likeness (QED) is 0.820. The Morgan fingerprint density at radius 2 is 2.17 bits per heavy atom. The highest BCUT2D eigenvalue weighted by atomic mass is 16.6. The van der Waals surface area contributed by atoms with Crippen molar-refractivity contribution in [3.05, 3.63) is 23.9 Å². The van der Waals surface area contributed by atoms with Gasteiger partial charge in [-0.05, 0) is 59.7 Å². The number of aromatic nitrogens is 1. The fourth-order valence-corrected chi connectivity index (χ4v) is 3.19. The lowest BCUT2D eigenvalue weighted by molar-refractivity contribution is 0.0578. The molecule has 0 spiro atoms. The van der Waals surface area contributed by atoms with Gasteiger partial charge in [0.25, 0.3) is 0 Å². The SMILES string of the molecule is CCCN(C(=O)OC(C)(C)C)c1ncccc1[C@H]1CCCCN1C. The first-order valence-electron chi connectivity index (χ1n) is 8.99. The summed E-state index contributed by atoms with van der Waals surface area (Å²) in [6, 6.07) is 4.37. The zero-order valence-electron chi connectivity index (χ0n) is 15.7. The van der Waals surface area contributed by atoms with Gasteiger partial charge in [-0.2, -0.15) is 0 Å². The number of carbonyl (C=O) groups is 1. The summed E-state index contributed by atoms with van der Waals surface area (Å²) in [5.41, 5.74) is 0.610. The summed E-state index contributed by atoms with van der Waals surface area (Å²) in [6.07, 6.45) is 5.84. The fourth-order valence-electron chi connectivity index (χ4n) is 3.19. The molecule has 2 rings (SSSR count). The second kappa shape index (κ2) is 7.97. The van der Waals surface area contributed by atoms with Crippen LogP contribution in [0.1, 0.15) is 65.0 Å². The molecule has 0 unspecified atom stereocenters. The van der Waals surface area contributed by atoms with E-state index in [0.717, 1.165) is 30.8 Å². The highest BCUT2D eigenvalue weighted by Gasteiger charge is 2.29. The minimum absolute atomic E-state index is 0.309. The molecule has 1 saturated heterocycles. The van der Waals surface area contributed by atoms with E-state index in [1.807, 2.05) is 26.8 Å². The summed E-state index contributed by atoms with van der Waals surface area (Å²) in [7, 11) is 2.15. The van der Waals surface area contributed by atoms with Crippen molar-refractivity contribution in [2.75, 3.05) is 25.0 Å². The molecule has 0 aliphatic carbocycles. The van der Waals surface area contributed by atoms with E-state index in [1.165, 1.54) is 12.8 Å². The number of piperidine rings is 1. The Labute approximate surface area is 146 Å². The molecule has 0 radical (unpaired) electrons. The van der Waals surface area contributed by atoms with Gasteiger partial charge in [0.15, 0.2) is 0 Å². The Kier molecular flexibility index (Phi) is 6.21. The Morgan fingerprint density at radius 3 is 2.79 bits per heavy atom. The number of ether oxygens (including phenoxy) is 1. The number of nitrogens with zero attached hydrogens (tertiary/aromatic N) is 3. The van der Waals surface area contributed by atoms with Crippen LogP contribution in [0, 0.1) is 0 Å². The van der Waals surface area contributed by atoms with Crippen LogP contribution in [0.15, 0.2) is 18.3 Å². The van der Waals surface area contributed by atoms with Crippen LogP contribution < -0.4 is 4.90 Å². The second-order valence-corrected chi connectivity index (χ2v) is 7.54. The summed E-state index contributed by atoms with van der Waals surface area (Å²) in [4.78, 5) is 21.3. The van der Waals surface area contributed by atoms with Gasteiger partial charge in [-0.1, -0.05) is 19.4 Å². The van der Waals surface area contributed by atoms with Crippen molar-refractivity contribution in [2.45, 2.75) is 65.0 Å². The van der Waals surface area contributed by atoms with E-state index < -0.39 is 5.60 Å². The molecule has 1 atom stereocenters. The lowest BCUT2D eigenvalue weighted by Crippen LogP contribution is -2.39. The van der Waals surface area contributed by atoms with Crippen LogP contribution in [0.3, 0.4) is 0 Å². The van der Waals surface area contributed by atoms with E-state index in [4.69, 9.17) is 4.74 Å². The Hall–Kier alpha value is -1.62. The maximum atomic E-state index is 12.7. The van der Waals surface area contributed by atoms with Gasteiger partial charge in [0, 0.05) is 24.3 Å². The minimum Gasteiger partial charge on any atom is -0.443 e. The molecule has 1 fully saturated rings. The molecule has 5 nitrogen and oxygen atoms in total. The van der Waals surface area contributed by atoms with Gasteiger partial charge < -0.3 is 4.74 Å². The standard InChI is InChI=1S/C19H31N3O2/c1-6-13-22(18(23)24-19(2,3)4)17-15(10-9-12-20-17)16-11-7-8-14-21(16)5/h9-10,12,16H,6-8,11,13-14H2,1-5H3/t16-/m1/s1. The molecule has 1 aromatic rings. The van der Waals surface area contributed by atoms with Crippen molar-refractivity contribution >= 4 is 11.9 Å². The average molecular weight is 333 g/mol. The van der Waals surface area contributed by atoms with Crippen LogP contribution in [-0.4, -0.2) is 41.7 Å². The third kappa shape index (κ3) is 4.69. The number of amides is 1. The van der Waals surface area contributed by atoms with E-state index in [-0.39, 0.29) is 6.09 Å². The number of carbonyl (C=O) groups excluding carboxylic acids is 1. The minimum atomic E-state index is -0.514. The summed E-state index contributed by atoms with van der Waals surface area (Å²) in [5, 5.41) is 0. The molecule has 24 heavy (non-hydrogen) atoms. The van der Waals surface area contributed by atoms with Gasteiger partial charge in [-0.15, -0.1) is 0 Å². The van der Waals surface area contributed by atoms with Gasteiger partial charge in [0.2, 0.25) is 0 Å². The van der Waals surface area contributed by atoms with Gasteiger partial charge in [0.05, 0.1) is 0 Å². The molecular weight excluding hydrogens is 302 g/mol. The van der Waals surface area contributed by atoms with Crippen molar-refractivity contribution in [3.8, 4) is 0 Å². The van der Waals surface area contributed by atoms with Crippen molar-refractivity contribution < 1.29 is 9.53 Å². The molecule has 134 valence electrons. The maximum absolute atomic E-state index is 12.7. The molecule has 1 aliphatic heterocycles. The van der Waals surface area contributed by atoms with Crippen molar-refractivity contribution in [1.82, 2.24) is 9.88 Å². The Bertz CT molecular complexity index is 554. The van der Waals surface area contributed by atoms with Crippen LogP contribution in [0.4, 0.5) is 10.6 Å². The first-order valence-corrected chi connectivity index (χ1v) is 8.99. The number of hydrogen-bond acceptors (Lipinski definition) is 4. The largest absolute Gasteiger partial charge is 0.443 e. The van der Waals surface area contributed by atoms with Crippen LogP contribution >= 0.6 is 0 Å². The second-order valence-electron chi connectivity index (χ2n) is 7.54. The molecule has 1 aromatic heterocycles. The zero-order chi connectivity index (χ0) is 17.7. The monoisotopic (exact) mass is 333 g/mol. The fraction of sp³-hybridized carbons (Fsp3) is 0.684. The molecule has 0 bridgehead atoms. The molecule has 0 aromatic carbocycles. The van der Waals surface area contributed by atoms with E-state index in [9.17, 15) is 4.79 Å². The van der Waals surface area contributed by atoms with Crippen LogP contribution in [0.25, 0.3) is 0 Å². The predicted octanol–water partition coefficient (Wildman–Crippen LogP) is 4.39. The van der Waals surface area contributed by atoms with Crippen molar-refractivity contribution in [2.24, 2.45) is 0 Å². The predicted molar refractivity (Wildman–Crippen MR) is 97.3 cm³/mol. The molecule has 5 heteroatoms. The number of hydrogen-bond donors (Lipinski definition) is 0. The highest BCUT2D eigenvalue weighted by Crippen LogP contribution is 2.34. The molecule has 1 amide bonds. The van der Waals surface area contributed by atoms with Gasteiger partial charge >= 0.3 is 6.09 Å². The number of likely N-dealkylation sites (tertiary alicyclic amines) is 1. The number of anilines is 1. The Balaban J connectivity index is 2.34. The van der Waals surface area contributed by atoms with Gasteiger partial charge in [0.1, 0.15) is 11.4 Å². The maximum Gasteiger partial charge on any atom is 0.416 e. The third-order valence-electron chi connectivity index (χ3n) is 4.26. The topological polar surface area (TPSA) is 45.7 Å². The van der Waals surface area contributed by atoms with Gasteiger partial charge in [-0.25, -0.2) is 9.78 Å².